The van der Waals surface area contributed by atoms with Gasteiger partial charge in [0.25, 0.3) is 5.91 Å². The number of anilines is 2. The summed E-state index contributed by atoms with van der Waals surface area (Å²) < 4.78 is 0. The Balaban J connectivity index is 1.51. The Hall–Kier alpha value is -2.22. The Kier molecular flexibility index (Phi) is 8.17. The number of thioether (sulfide) groups is 1. The van der Waals surface area contributed by atoms with Crippen LogP contribution in [0.25, 0.3) is 0 Å². The van der Waals surface area contributed by atoms with Crippen LogP contribution in [0.4, 0.5) is 11.4 Å². The summed E-state index contributed by atoms with van der Waals surface area (Å²) in [6, 6.07) is 5.46. The summed E-state index contributed by atoms with van der Waals surface area (Å²) in [5.74, 6) is 2.01. The summed E-state index contributed by atoms with van der Waals surface area (Å²) in [5.41, 5.74) is 2.25. The normalized spacial score (nSPS) is 20.0. The number of hydrogen-bond donors (Lipinski definition) is 1. The molecule has 2 saturated heterocycles. The maximum Gasteiger partial charge on any atom is 0.253 e. The standard InChI is InChI=1S/C25H36N4O3S/c1-2-15-33-16-7-11-26-23(30)18-29-22-17-19(24(31)27-12-5-6-13-27)9-10-20(22)28-14-4-3-8-21(28)25(29)32/h9-10,17,21H,2-8,11-16,18H2,1H3,(H,26,30)/t21-/m0/s1. The van der Waals surface area contributed by atoms with Crippen LogP contribution in [-0.4, -0.2) is 72.9 Å². The maximum atomic E-state index is 13.4. The van der Waals surface area contributed by atoms with Gasteiger partial charge in [-0.15, -0.1) is 0 Å². The van der Waals surface area contributed by atoms with Gasteiger partial charge in [-0.3, -0.25) is 19.3 Å². The predicted octanol–water partition coefficient (Wildman–Crippen LogP) is 3.28. The number of carbonyl (C=O) groups excluding carboxylic acids is 3. The van der Waals surface area contributed by atoms with Crippen LogP contribution in [0.2, 0.25) is 0 Å². The number of piperidine rings is 1. The summed E-state index contributed by atoms with van der Waals surface area (Å²) in [6.45, 7) is 5.18. The first-order chi connectivity index (χ1) is 16.1. The highest BCUT2D eigenvalue weighted by Crippen LogP contribution is 2.40. The average Bonchev–Trinajstić information content (AvgIpc) is 3.38. The summed E-state index contributed by atoms with van der Waals surface area (Å²) in [7, 11) is 0. The summed E-state index contributed by atoms with van der Waals surface area (Å²) in [4.78, 5) is 44.9. The number of rotatable bonds is 9. The van der Waals surface area contributed by atoms with E-state index in [1.165, 1.54) is 0 Å². The third kappa shape index (κ3) is 5.48. The van der Waals surface area contributed by atoms with Gasteiger partial charge in [-0.25, -0.2) is 0 Å². The zero-order valence-corrected chi connectivity index (χ0v) is 20.5. The van der Waals surface area contributed by atoms with E-state index >= 15 is 0 Å². The molecule has 0 radical (unpaired) electrons. The molecule has 4 rings (SSSR count). The minimum atomic E-state index is -0.218. The fourth-order valence-corrected chi connectivity index (χ4v) is 5.85. The van der Waals surface area contributed by atoms with E-state index in [9.17, 15) is 14.4 Å². The van der Waals surface area contributed by atoms with Crippen molar-refractivity contribution in [1.82, 2.24) is 10.2 Å². The summed E-state index contributed by atoms with van der Waals surface area (Å²) >= 11 is 1.90. The molecular weight excluding hydrogens is 436 g/mol. The predicted molar refractivity (Wildman–Crippen MR) is 134 cm³/mol. The summed E-state index contributed by atoms with van der Waals surface area (Å²) in [6.07, 6.45) is 7.03. The molecule has 2 fully saturated rings. The SMILES string of the molecule is CCCSCCCNC(=O)CN1C(=O)[C@@H]2CCCCN2c2ccc(C(=O)N3CCCC3)cc21. The van der Waals surface area contributed by atoms with Crippen molar-refractivity contribution in [1.29, 1.82) is 0 Å². The molecule has 180 valence electrons. The molecule has 3 aliphatic rings. The highest BCUT2D eigenvalue weighted by molar-refractivity contribution is 7.99. The minimum absolute atomic E-state index is 0.000363. The first kappa shape index (κ1) is 23.9. The lowest BCUT2D eigenvalue weighted by Gasteiger charge is -2.45. The molecule has 0 aliphatic carbocycles. The van der Waals surface area contributed by atoms with Gasteiger partial charge in [0.05, 0.1) is 11.4 Å². The van der Waals surface area contributed by atoms with Gasteiger partial charge in [-0.05, 0) is 74.7 Å². The Bertz CT molecular complexity index is 871. The molecule has 3 amide bonds. The van der Waals surface area contributed by atoms with Gasteiger partial charge >= 0.3 is 0 Å². The van der Waals surface area contributed by atoms with E-state index in [0.29, 0.717) is 17.8 Å². The second kappa shape index (κ2) is 11.3. The first-order valence-corrected chi connectivity index (χ1v) is 13.6. The monoisotopic (exact) mass is 472 g/mol. The van der Waals surface area contributed by atoms with Gasteiger partial charge in [0.2, 0.25) is 11.8 Å². The van der Waals surface area contributed by atoms with E-state index in [-0.39, 0.29) is 30.3 Å². The average molecular weight is 473 g/mol. The Morgan fingerprint density at radius 3 is 2.64 bits per heavy atom. The first-order valence-electron chi connectivity index (χ1n) is 12.5. The van der Waals surface area contributed by atoms with Gasteiger partial charge in [0.15, 0.2) is 0 Å². The van der Waals surface area contributed by atoms with Crippen molar-refractivity contribution in [2.24, 2.45) is 0 Å². The van der Waals surface area contributed by atoms with Crippen LogP contribution in [0.3, 0.4) is 0 Å². The van der Waals surface area contributed by atoms with Crippen molar-refractivity contribution in [2.45, 2.75) is 57.9 Å². The van der Waals surface area contributed by atoms with Crippen LogP contribution in [-0.2, 0) is 9.59 Å². The Morgan fingerprint density at radius 1 is 1.06 bits per heavy atom. The van der Waals surface area contributed by atoms with Crippen molar-refractivity contribution in [3.63, 3.8) is 0 Å². The number of nitrogens with zero attached hydrogens (tertiary/aromatic N) is 3. The zero-order valence-electron chi connectivity index (χ0n) is 19.7. The Morgan fingerprint density at radius 2 is 1.85 bits per heavy atom. The molecule has 0 saturated carbocycles. The molecule has 3 heterocycles. The number of nitrogens with one attached hydrogen (secondary N) is 1. The lowest BCUT2D eigenvalue weighted by Crippen LogP contribution is -2.57. The molecule has 3 aliphatic heterocycles. The zero-order chi connectivity index (χ0) is 23.2. The molecule has 1 aromatic carbocycles. The Labute approximate surface area is 201 Å². The number of amides is 3. The number of fused-ring (bicyclic) bond motifs is 3. The van der Waals surface area contributed by atoms with Crippen molar-refractivity contribution in [2.75, 3.05) is 54.0 Å². The quantitative estimate of drug-likeness (QED) is 0.559. The smallest absolute Gasteiger partial charge is 0.253 e. The fraction of sp³-hybridized carbons (Fsp3) is 0.640. The van der Waals surface area contributed by atoms with E-state index in [2.05, 4.69) is 17.1 Å². The molecule has 1 atom stereocenters. The van der Waals surface area contributed by atoms with Gasteiger partial charge in [0.1, 0.15) is 12.6 Å². The van der Waals surface area contributed by atoms with Crippen LogP contribution in [0.5, 0.6) is 0 Å². The third-order valence-electron chi connectivity index (χ3n) is 6.71. The topological polar surface area (TPSA) is 73.0 Å². The van der Waals surface area contributed by atoms with Crippen molar-refractivity contribution < 1.29 is 14.4 Å². The van der Waals surface area contributed by atoms with Crippen molar-refractivity contribution in [3.8, 4) is 0 Å². The van der Waals surface area contributed by atoms with Gasteiger partial charge in [-0.2, -0.15) is 11.8 Å². The van der Waals surface area contributed by atoms with Crippen LogP contribution in [0, 0.1) is 0 Å². The molecule has 0 bridgehead atoms. The molecule has 1 aromatic rings. The number of likely N-dealkylation sites (tertiary alicyclic amines) is 1. The largest absolute Gasteiger partial charge is 0.358 e. The lowest BCUT2D eigenvalue weighted by atomic mass is 9.95. The molecule has 1 N–H and O–H groups in total. The second-order valence-corrected chi connectivity index (χ2v) is 10.4. The molecule has 33 heavy (non-hydrogen) atoms. The van der Waals surface area contributed by atoms with Crippen molar-refractivity contribution >= 4 is 40.9 Å². The summed E-state index contributed by atoms with van der Waals surface area (Å²) in [5, 5.41) is 2.98. The lowest BCUT2D eigenvalue weighted by molar-refractivity contribution is -0.124. The van der Waals surface area contributed by atoms with Crippen LogP contribution < -0.4 is 15.1 Å². The second-order valence-electron chi connectivity index (χ2n) is 9.15. The maximum absolute atomic E-state index is 13.4. The van der Waals surface area contributed by atoms with Gasteiger partial charge in [-0.1, -0.05) is 6.92 Å². The molecule has 0 unspecified atom stereocenters. The third-order valence-corrected chi connectivity index (χ3v) is 7.98. The highest BCUT2D eigenvalue weighted by Gasteiger charge is 2.40. The minimum Gasteiger partial charge on any atom is -0.358 e. The van der Waals surface area contributed by atoms with Crippen LogP contribution >= 0.6 is 11.8 Å². The number of hydrogen-bond acceptors (Lipinski definition) is 5. The van der Waals surface area contributed by atoms with E-state index in [1.807, 2.05) is 34.9 Å². The van der Waals surface area contributed by atoms with Crippen molar-refractivity contribution in [3.05, 3.63) is 23.8 Å². The molecule has 7 nitrogen and oxygen atoms in total. The van der Waals surface area contributed by atoms with E-state index in [4.69, 9.17) is 0 Å². The number of carbonyl (C=O) groups is 3. The molecule has 0 spiro atoms. The van der Waals surface area contributed by atoms with Gasteiger partial charge in [0, 0.05) is 31.7 Å². The highest BCUT2D eigenvalue weighted by atomic mass is 32.2. The van der Waals surface area contributed by atoms with Crippen LogP contribution in [0.15, 0.2) is 18.2 Å². The van der Waals surface area contributed by atoms with E-state index < -0.39 is 0 Å². The fourth-order valence-electron chi connectivity index (χ4n) is 5.00. The molecule has 0 aromatic heterocycles. The van der Waals surface area contributed by atoms with Crippen LogP contribution in [0.1, 0.15) is 62.2 Å². The molecular formula is C25H36N4O3S. The van der Waals surface area contributed by atoms with E-state index in [0.717, 1.165) is 81.8 Å². The number of benzene rings is 1. The van der Waals surface area contributed by atoms with Gasteiger partial charge < -0.3 is 15.1 Å². The van der Waals surface area contributed by atoms with E-state index in [1.54, 1.807) is 4.90 Å². The molecule has 8 heteroatoms.